The second-order valence-corrected chi connectivity index (χ2v) is 4.31. The Hall–Kier alpha value is -0.580. The molecule has 0 saturated heterocycles. The van der Waals surface area contributed by atoms with Gasteiger partial charge in [-0.05, 0) is 39.9 Å². The smallest absolute Gasteiger partial charge is 0.250 e. The third kappa shape index (κ3) is 2.93. The SMILES string of the molecule is CCC(C)c1cc(Br)cnc1C(F)(F)F. The first-order valence-electron chi connectivity index (χ1n) is 4.59. The van der Waals surface area contributed by atoms with Gasteiger partial charge in [0.25, 0.3) is 0 Å². The summed E-state index contributed by atoms with van der Waals surface area (Å²) in [5.74, 6) is -0.147. The normalized spacial score (nSPS) is 14.0. The van der Waals surface area contributed by atoms with E-state index in [1.165, 1.54) is 12.3 Å². The highest BCUT2D eigenvalue weighted by atomic mass is 79.9. The molecule has 0 radical (unpaired) electrons. The van der Waals surface area contributed by atoms with Gasteiger partial charge in [0, 0.05) is 10.7 Å². The lowest BCUT2D eigenvalue weighted by Crippen LogP contribution is -2.13. The lowest BCUT2D eigenvalue weighted by Gasteiger charge is -2.16. The molecule has 0 saturated carbocycles. The van der Waals surface area contributed by atoms with Crippen LogP contribution in [0.3, 0.4) is 0 Å². The van der Waals surface area contributed by atoms with Gasteiger partial charge in [0.1, 0.15) is 5.69 Å². The highest BCUT2D eigenvalue weighted by Gasteiger charge is 2.36. The molecule has 0 bridgehead atoms. The zero-order valence-electron chi connectivity index (χ0n) is 8.40. The summed E-state index contributed by atoms with van der Waals surface area (Å²) in [5.41, 5.74) is -0.528. The van der Waals surface area contributed by atoms with Gasteiger partial charge in [-0.3, -0.25) is 4.98 Å². The molecule has 0 spiro atoms. The second-order valence-electron chi connectivity index (χ2n) is 3.40. The molecule has 0 aromatic carbocycles. The van der Waals surface area contributed by atoms with E-state index in [2.05, 4.69) is 20.9 Å². The summed E-state index contributed by atoms with van der Waals surface area (Å²) in [7, 11) is 0. The van der Waals surface area contributed by atoms with Crippen LogP contribution in [0, 0.1) is 0 Å². The maximum atomic E-state index is 12.6. The molecule has 1 aromatic rings. The van der Waals surface area contributed by atoms with Gasteiger partial charge in [0.15, 0.2) is 0 Å². The van der Waals surface area contributed by atoms with E-state index in [1.54, 1.807) is 6.92 Å². The number of aromatic nitrogens is 1. The summed E-state index contributed by atoms with van der Waals surface area (Å²) in [6.07, 6.45) is -2.55. The molecule has 0 fully saturated rings. The number of pyridine rings is 1. The lowest BCUT2D eigenvalue weighted by molar-refractivity contribution is -0.142. The summed E-state index contributed by atoms with van der Waals surface area (Å²) in [4.78, 5) is 3.45. The molecule has 15 heavy (non-hydrogen) atoms. The topological polar surface area (TPSA) is 12.9 Å². The first kappa shape index (κ1) is 12.5. The van der Waals surface area contributed by atoms with Gasteiger partial charge in [0.2, 0.25) is 0 Å². The van der Waals surface area contributed by atoms with Gasteiger partial charge < -0.3 is 0 Å². The zero-order valence-corrected chi connectivity index (χ0v) is 9.98. The average Bonchev–Trinajstić information content (AvgIpc) is 2.14. The van der Waals surface area contributed by atoms with Gasteiger partial charge in [-0.2, -0.15) is 13.2 Å². The minimum Gasteiger partial charge on any atom is -0.250 e. The van der Waals surface area contributed by atoms with E-state index < -0.39 is 11.9 Å². The van der Waals surface area contributed by atoms with Gasteiger partial charge in [-0.25, -0.2) is 0 Å². The van der Waals surface area contributed by atoms with E-state index >= 15 is 0 Å². The molecule has 5 heteroatoms. The van der Waals surface area contributed by atoms with Crippen LogP contribution in [0.2, 0.25) is 0 Å². The maximum absolute atomic E-state index is 12.6. The molecule has 0 amide bonds. The van der Waals surface area contributed by atoms with Crippen LogP contribution in [0.4, 0.5) is 13.2 Å². The van der Waals surface area contributed by atoms with E-state index in [1.807, 2.05) is 6.92 Å². The van der Waals surface area contributed by atoms with Crippen molar-refractivity contribution in [3.05, 3.63) is 28.0 Å². The number of hydrogen-bond acceptors (Lipinski definition) is 1. The number of alkyl halides is 3. The molecule has 1 heterocycles. The van der Waals surface area contributed by atoms with Gasteiger partial charge in [-0.1, -0.05) is 13.8 Å². The summed E-state index contributed by atoms with van der Waals surface area (Å²) in [6.45, 7) is 3.62. The average molecular weight is 282 g/mol. The van der Waals surface area contributed by atoms with Crippen molar-refractivity contribution in [2.24, 2.45) is 0 Å². The number of rotatable bonds is 2. The predicted octanol–water partition coefficient (Wildman–Crippen LogP) is 4.38. The van der Waals surface area contributed by atoms with Crippen LogP contribution in [-0.2, 0) is 6.18 Å². The van der Waals surface area contributed by atoms with Crippen LogP contribution in [0.15, 0.2) is 16.7 Å². The molecule has 84 valence electrons. The second kappa shape index (κ2) is 4.51. The quantitative estimate of drug-likeness (QED) is 0.784. The first-order valence-corrected chi connectivity index (χ1v) is 5.38. The molecule has 1 unspecified atom stereocenters. The van der Waals surface area contributed by atoms with Crippen LogP contribution >= 0.6 is 15.9 Å². The van der Waals surface area contributed by atoms with Crippen LogP contribution in [0.1, 0.15) is 37.4 Å². The van der Waals surface area contributed by atoms with Crippen molar-refractivity contribution in [1.29, 1.82) is 0 Å². The van der Waals surface area contributed by atoms with E-state index in [0.29, 0.717) is 10.9 Å². The fourth-order valence-electron chi connectivity index (χ4n) is 1.29. The summed E-state index contributed by atoms with van der Waals surface area (Å²) >= 11 is 3.13. The maximum Gasteiger partial charge on any atom is 0.433 e. The number of nitrogens with zero attached hydrogens (tertiary/aromatic N) is 1. The van der Waals surface area contributed by atoms with E-state index in [-0.39, 0.29) is 11.5 Å². The Morgan fingerprint density at radius 2 is 2.07 bits per heavy atom. The van der Waals surface area contributed by atoms with E-state index in [9.17, 15) is 13.2 Å². The van der Waals surface area contributed by atoms with Crippen molar-refractivity contribution in [3.8, 4) is 0 Å². The van der Waals surface area contributed by atoms with Gasteiger partial charge in [0.05, 0.1) is 0 Å². The number of halogens is 4. The standard InChI is InChI=1S/C10H11BrF3N/c1-3-6(2)8-4-7(11)5-15-9(8)10(12,13)14/h4-6H,3H2,1-2H3. The van der Waals surface area contributed by atoms with Crippen molar-refractivity contribution in [2.75, 3.05) is 0 Å². The molecule has 1 atom stereocenters. The van der Waals surface area contributed by atoms with Crippen LogP contribution in [0.25, 0.3) is 0 Å². The Bertz CT molecular complexity index is 349. The Balaban J connectivity index is 3.27. The fourth-order valence-corrected chi connectivity index (χ4v) is 1.64. The molecule has 0 aliphatic rings. The highest BCUT2D eigenvalue weighted by Crippen LogP contribution is 2.35. The summed E-state index contributed by atoms with van der Waals surface area (Å²) in [6, 6.07) is 1.49. The van der Waals surface area contributed by atoms with Crippen molar-refractivity contribution in [1.82, 2.24) is 4.98 Å². The Morgan fingerprint density at radius 1 is 1.47 bits per heavy atom. The largest absolute Gasteiger partial charge is 0.433 e. The van der Waals surface area contributed by atoms with Crippen molar-refractivity contribution in [2.45, 2.75) is 32.4 Å². The fraction of sp³-hybridized carbons (Fsp3) is 0.500. The molecular formula is C10H11BrF3N. The first-order chi connectivity index (χ1) is 6.86. The van der Waals surface area contributed by atoms with E-state index in [4.69, 9.17) is 0 Å². The van der Waals surface area contributed by atoms with Crippen molar-refractivity contribution >= 4 is 15.9 Å². The summed E-state index contributed by atoms with van der Waals surface area (Å²) < 4.78 is 38.4. The predicted molar refractivity (Wildman–Crippen MR) is 55.6 cm³/mol. The van der Waals surface area contributed by atoms with E-state index in [0.717, 1.165) is 0 Å². The molecular weight excluding hydrogens is 271 g/mol. The van der Waals surface area contributed by atoms with Crippen LogP contribution in [0.5, 0.6) is 0 Å². The Kier molecular flexibility index (Phi) is 3.76. The minimum absolute atomic E-state index is 0.147. The summed E-state index contributed by atoms with van der Waals surface area (Å²) in [5, 5.41) is 0. The monoisotopic (exact) mass is 281 g/mol. The molecule has 1 aromatic heterocycles. The van der Waals surface area contributed by atoms with Gasteiger partial charge in [-0.15, -0.1) is 0 Å². The zero-order chi connectivity index (χ0) is 11.6. The minimum atomic E-state index is -4.38. The highest BCUT2D eigenvalue weighted by molar-refractivity contribution is 9.10. The Morgan fingerprint density at radius 3 is 2.53 bits per heavy atom. The lowest BCUT2D eigenvalue weighted by atomic mass is 9.97. The van der Waals surface area contributed by atoms with Gasteiger partial charge >= 0.3 is 6.18 Å². The molecule has 1 rings (SSSR count). The number of hydrogen-bond donors (Lipinski definition) is 0. The molecule has 0 aliphatic heterocycles. The third-order valence-corrected chi connectivity index (χ3v) is 2.73. The van der Waals surface area contributed by atoms with Crippen molar-refractivity contribution < 1.29 is 13.2 Å². The third-order valence-electron chi connectivity index (χ3n) is 2.30. The molecule has 0 N–H and O–H groups in total. The van der Waals surface area contributed by atoms with Crippen LogP contribution < -0.4 is 0 Å². The Labute approximate surface area is 94.8 Å². The molecule has 1 nitrogen and oxygen atoms in total. The molecule has 0 aliphatic carbocycles. The van der Waals surface area contributed by atoms with Crippen molar-refractivity contribution in [3.63, 3.8) is 0 Å². The van der Waals surface area contributed by atoms with Crippen LogP contribution in [-0.4, -0.2) is 4.98 Å².